The molecule has 5 heteroatoms. The molecule has 0 saturated heterocycles. The third kappa shape index (κ3) is 2.40. The lowest BCUT2D eigenvalue weighted by Crippen LogP contribution is -2.23. The molecule has 0 amide bonds. The molecule has 16 heavy (non-hydrogen) atoms. The first-order valence-corrected chi connectivity index (χ1v) is 5.24. The summed E-state index contributed by atoms with van der Waals surface area (Å²) >= 11 is 6.14. The Labute approximate surface area is 99.9 Å². The Morgan fingerprint density at radius 1 is 1.31 bits per heavy atom. The summed E-state index contributed by atoms with van der Waals surface area (Å²) in [7, 11) is 3.03. The monoisotopic (exact) mass is 245 g/mol. The number of aliphatic hydroxyl groups excluding tert-OH is 1. The molecule has 0 unspecified atom stereocenters. The number of benzene rings is 1. The highest BCUT2D eigenvalue weighted by Gasteiger charge is 2.20. The summed E-state index contributed by atoms with van der Waals surface area (Å²) in [6, 6.07) is 2.89. The molecule has 1 rings (SSSR count). The molecule has 1 aromatic carbocycles. The van der Waals surface area contributed by atoms with Crippen LogP contribution in [0.5, 0.6) is 11.5 Å². The lowest BCUT2D eigenvalue weighted by molar-refractivity contribution is 0.164. The highest BCUT2D eigenvalue weighted by Crippen LogP contribution is 2.39. The molecule has 0 saturated carbocycles. The van der Waals surface area contributed by atoms with E-state index in [1.807, 2.05) is 0 Å². The Morgan fingerprint density at radius 3 is 2.38 bits per heavy atom. The van der Waals surface area contributed by atoms with Gasteiger partial charge in [0.2, 0.25) is 0 Å². The zero-order chi connectivity index (χ0) is 12.3. The SMILES string of the molecule is COc1ccc([C@H](N)[C@@H](C)O)c(Cl)c1OC. The van der Waals surface area contributed by atoms with Crippen molar-refractivity contribution in [2.45, 2.75) is 19.1 Å². The van der Waals surface area contributed by atoms with Gasteiger partial charge < -0.3 is 20.3 Å². The van der Waals surface area contributed by atoms with Crippen LogP contribution in [0.4, 0.5) is 0 Å². The number of ether oxygens (including phenoxy) is 2. The molecule has 1 aromatic rings. The second-order valence-corrected chi connectivity index (χ2v) is 3.85. The molecule has 0 spiro atoms. The smallest absolute Gasteiger partial charge is 0.179 e. The van der Waals surface area contributed by atoms with Crippen molar-refractivity contribution in [1.29, 1.82) is 0 Å². The van der Waals surface area contributed by atoms with Gasteiger partial charge in [-0.05, 0) is 18.6 Å². The van der Waals surface area contributed by atoms with Crippen molar-refractivity contribution < 1.29 is 14.6 Å². The summed E-state index contributed by atoms with van der Waals surface area (Å²) in [5.41, 5.74) is 6.46. The molecule has 0 fully saturated rings. The number of aliphatic hydroxyl groups is 1. The van der Waals surface area contributed by atoms with Crippen molar-refractivity contribution in [3.63, 3.8) is 0 Å². The van der Waals surface area contributed by atoms with Gasteiger partial charge in [-0.25, -0.2) is 0 Å². The van der Waals surface area contributed by atoms with Gasteiger partial charge in [0, 0.05) is 0 Å². The Morgan fingerprint density at radius 2 is 1.94 bits per heavy atom. The van der Waals surface area contributed by atoms with Gasteiger partial charge in [0.1, 0.15) is 0 Å². The lowest BCUT2D eigenvalue weighted by atomic mass is 10.0. The largest absolute Gasteiger partial charge is 0.493 e. The minimum atomic E-state index is -0.685. The van der Waals surface area contributed by atoms with Crippen molar-refractivity contribution >= 4 is 11.6 Å². The second-order valence-electron chi connectivity index (χ2n) is 3.47. The first-order valence-electron chi connectivity index (χ1n) is 4.87. The summed E-state index contributed by atoms with van der Waals surface area (Å²) < 4.78 is 10.2. The molecule has 4 nitrogen and oxygen atoms in total. The van der Waals surface area contributed by atoms with Crippen molar-refractivity contribution in [2.75, 3.05) is 14.2 Å². The topological polar surface area (TPSA) is 64.7 Å². The zero-order valence-corrected chi connectivity index (χ0v) is 10.3. The molecule has 0 aliphatic heterocycles. The Kier molecular flexibility index (Phi) is 4.41. The fourth-order valence-electron chi connectivity index (χ4n) is 1.42. The van der Waals surface area contributed by atoms with E-state index in [0.29, 0.717) is 22.1 Å². The van der Waals surface area contributed by atoms with Gasteiger partial charge in [-0.1, -0.05) is 17.7 Å². The quantitative estimate of drug-likeness (QED) is 0.848. The van der Waals surface area contributed by atoms with Crippen molar-refractivity contribution in [1.82, 2.24) is 0 Å². The predicted octanol–water partition coefficient (Wildman–Crippen LogP) is 1.74. The maximum atomic E-state index is 9.43. The molecule has 0 heterocycles. The van der Waals surface area contributed by atoms with Crippen LogP contribution in [-0.4, -0.2) is 25.4 Å². The first-order chi connectivity index (χ1) is 7.52. The number of methoxy groups -OCH3 is 2. The summed E-state index contributed by atoms with van der Waals surface area (Å²) in [6.45, 7) is 1.61. The molecule has 2 atom stereocenters. The molecule has 0 aliphatic rings. The molecule has 90 valence electrons. The fraction of sp³-hybridized carbons (Fsp3) is 0.455. The van der Waals surface area contributed by atoms with E-state index in [4.69, 9.17) is 26.8 Å². The number of halogens is 1. The van der Waals surface area contributed by atoms with Crippen LogP contribution in [0.15, 0.2) is 12.1 Å². The van der Waals surface area contributed by atoms with Crippen molar-refractivity contribution in [3.05, 3.63) is 22.7 Å². The van der Waals surface area contributed by atoms with Crippen LogP contribution >= 0.6 is 11.6 Å². The minimum Gasteiger partial charge on any atom is -0.493 e. The maximum Gasteiger partial charge on any atom is 0.179 e. The minimum absolute atomic E-state index is 0.371. The third-order valence-corrected chi connectivity index (χ3v) is 2.78. The number of hydrogen-bond donors (Lipinski definition) is 2. The van der Waals surface area contributed by atoms with E-state index in [2.05, 4.69) is 0 Å². The van der Waals surface area contributed by atoms with Gasteiger partial charge in [-0.15, -0.1) is 0 Å². The molecule has 0 radical (unpaired) electrons. The Hall–Kier alpha value is -0.970. The number of nitrogens with two attached hydrogens (primary N) is 1. The van der Waals surface area contributed by atoms with Gasteiger partial charge in [-0.3, -0.25) is 0 Å². The number of rotatable bonds is 4. The van der Waals surface area contributed by atoms with Crippen LogP contribution in [0, 0.1) is 0 Å². The second kappa shape index (κ2) is 5.39. The molecular weight excluding hydrogens is 230 g/mol. The molecule has 3 N–H and O–H groups in total. The van der Waals surface area contributed by atoms with E-state index in [0.717, 1.165) is 0 Å². The van der Waals surface area contributed by atoms with Crippen LogP contribution in [0.1, 0.15) is 18.5 Å². The normalized spacial score (nSPS) is 14.4. The van der Waals surface area contributed by atoms with Crippen LogP contribution in [-0.2, 0) is 0 Å². The average Bonchev–Trinajstić information content (AvgIpc) is 2.27. The summed E-state index contributed by atoms with van der Waals surface area (Å²) in [4.78, 5) is 0. The molecule has 0 aliphatic carbocycles. The Balaban J connectivity index is 3.23. The van der Waals surface area contributed by atoms with E-state index in [1.54, 1.807) is 19.1 Å². The van der Waals surface area contributed by atoms with Gasteiger partial charge in [0.05, 0.1) is 31.4 Å². The standard InChI is InChI=1S/C11H16ClNO3/c1-6(14)10(13)7-4-5-8(15-2)11(16-3)9(7)12/h4-6,10,14H,13H2,1-3H3/t6-,10-/m1/s1. The van der Waals surface area contributed by atoms with E-state index >= 15 is 0 Å². The van der Waals surface area contributed by atoms with E-state index in [-0.39, 0.29) is 0 Å². The molecule has 0 aromatic heterocycles. The van der Waals surface area contributed by atoms with Crippen LogP contribution < -0.4 is 15.2 Å². The van der Waals surface area contributed by atoms with Gasteiger partial charge in [0.15, 0.2) is 11.5 Å². The van der Waals surface area contributed by atoms with E-state index < -0.39 is 12.1 Å². The maximum absolute atomic E-state index is 9.43. The lowest BCUT2D eigenvalue weighted by Gasteiger charge is -2.19. The van der Waals surface area contributed by atoms with Crippen molar-refractivity contribution in [3.8, 4) is 11.5 Å². The average molecular weight is 246 g/mol. The summed E-state index contributed by atoms with van der Waals surface area (Å²) in [5.74, 6) is 0.965. The van der Waals surface area contributed by atoms with Crippen LogP contribution in [0.3, 0.4) is 0 Å². The fourth-order valence-corrected chi connectivity index (χ4v) is 1.78. The Bertz CT molecular complexity index is 368. The predicted molar refractivity (Wildman–Crippen MR) is 63.2 cm³/mol. The summed E-state index contributed by atoms with van der Waals surface area (Å²) in [5, 5.41) is 9.80. The van der Waals surface area contributed by atoms with Gasteiger partial charge >= 0.3 is 0 Å². The first kappa shape index (κ1) is 13.1. The number of hydrogen-bond acceptors (Lipinski definition) is 4. The summed E-state index contributed by atoms with van der Waals surface area (Å²) in [6.07, 6.45) is -0.685. The van der Waals surface area contributed by atoms with Gasteiger partial charge in [0.25, 0.3) is 0 Å². The van der Waals surface area contributed by atoms with Crippen LogP contribution in [0.25, 0.3) is 0 Å². The molecule has 0 bridgehead atoms. The van der Waals surface area contributed by atoms with E-state index in [1.165, 1.54) is 14.2 Å². The highest BCUT2D eigenvalue weighted by molar-refractivity contribution is 6.33. The van der Waals surface area contributed by atoms with Crippen molar-refractivity contribution in [2.24, 2.45) is 5.73 Å². The van der Waals surface area contributed by atoms with Crippen LogP contribution in [0.2, 0.25) is 5.02 Å². The van der Waals surface area contributed by atoms with E-state index in [9.17, 15) is 5.11 Å². The van der Waals surface area contributed by atoms with Gasteiger partial charge in [-0.2, -0.15) is 0 Å². The zero-order valence-electron chi connectivity index (χ0n) is 9.53. The molecular formula is C11H16ClNO3. The third-order valence-electron chi connectivity index (χ3n) is 2.39. The highest BCUT2D eigenvalue weighted by atomic mass is 35.5.